The molecule has 0 aliphatic heterocycles. The van der Waals surface area contributed by atoms with Gasteiger partial charge in [0.25, 0.3) is 0 Å². The Hall–Kier alpha value is -0.120. The second kappa shape index (κ2) is 7.30. The SMILES string of the molecule is CCCOCCCCC(C)(O)CN. The Morgan fingerprint density at radius 2 is 2.00 bits per heavy atom. The molecule has 0 aromatic rings. The molecular weight excluding hydrogens is 166 g/mol. The minimum absolute atomic E-state index is 0.336. The first-order chi connectivity index (χ1) is 6.12. The molecule has 1 unspecified atom stereocenters. The van der Waals surface area contributed by atoms with E-state index < -0.39 is 5.60 Å². The van der Waals surface area contributed by atoms with Crippen molar-refractivity contribution < 1.29 is 9.84 Å². The predicted octanol–water partition coefficient (Wildman–Crippen LogP) is 1.29. The van der Waals surface area contributed by atoms with Crippen LogP contribution in [0.25, 0.3) is 0 Å². The molecule has 0 spiro atoms. The van der Waals surface area contributed by atoms with E-state index in [1.165, 1.54) is 0 Å². The molecule has 0 aromatic carbocycles. The summed E-state index contributed by atoms with van der Waals surface area (Å²) in [5.74, 6) is 0. The molecule has 0 aromatic heterocycles. The number of rotatable bonds is 8. The van der Waals surface area contributed by atoms with Crippen molar-refractivity contribution in [1.29, 1.82) is 0 Å². The van der Waals surface area contributed by atoms with Gasteiger partial charge >= 0.3 is 0 Å². The normalized spacial score (nSPS) is 15.7. The van der Waals surface area contributed by atoms with Crippen LogP contribution in [0, 0.1) is 0 Å². The summed E-state index contributed by atoms with van der Waals surface area (Å²) in [6, 6.07) is 0. The summed E-state index contributed by atoms with van der Waals surface area (Å²) in [7, 11) is 0. The monoisotopic (exact) mass is 189 g/mol. The quantitative estimate of drug-likeness (QED) is 0.566. The Morgan fingerprint density at radius 3 is 2.54 bits per heavy atom. The standard InChI is InChI=1S/C10H23NO2/c1-3-7-13-8-5-4-6-10(2,12)9-11/h12H,3-9,11H2,1-2H3. The Labute approximate surface area is 81.3 Å². The molecule has 0 aliphatic carbocycles. The maximum atomic E-state index is 9.56. The fourth-order valence-corrected chi connectivity index (χ4v) is 1.06. The van der Waals surface area contributed by atoms with E-state index in [2.05, 4.69) is 6.92 Å². The lowest BCUT2D eigenvalue weighted by molar-refractivity contribution is 0.0529. The van der Waals surface area contributed by atoms with Gasteiger partial charge in [0.1, 0.15) is 0 Å². The Balaban J connectivity index is 3.16. The average molecular weight is 189 g/mol. The highest BCUT2D eigenvalue weighted by molar-refractivity contribution is 4.72. The van der Waals surface area contributed by atoms with Crippen molar-refractivity contribution in [2.75, 3.05) is 19.8 Å². The first-order valence-electron chi connectivity index (χ1n) is 5.12. The zero-order chi connectivity index (χ0) is 10.2. The van der Waals surface area contributed by atoms with E-state index in [4.69, 9.17) is 10.5 Å². The summed E-state index contributed by atoms with van der Waals surface area (Å²) in [6.45, 7) is 5.85. The van der Waals surface area contributed by atoms with Gasteiger partial charge in [0.2, 0.25) is 0 Å². The van der Waals surface area contributed by atoms with Gasteiger partial charge in [-0.15, -0.1) is 0 Å². The molecule has 0 heterocycles. The third kappa shape index (κ3) is 8.22. The Bertz CT molecular complexity index is 115. The molecule has 0 fully saturated rings. The molecule has 3 nitrogen and oxygen atoms in total. The van der Waals surface area contributed by atoms with E-state index in [-0.39, 0.29) is 0 Å². The minimum atomic E-state index is -0.690. The van der Waals surface area contributed by atoms with Gasteiger partial charge in [-0.1, -0.05) is 6.92 Å². The van der Waals surface area contributed by atoms with Crippen LogP contribution >= 0.6 is 0 Å². The van der Waals surface area contributed by atoms with Crippen LogP contribution in [0.15, 0.2) is 0 Å². The lowest BCUT2D eigenvalue weighted by Gasteiger charge is -2.20. The molecule has 0 saturated heterocycles. The summed E-state index contributed by atoms with van der Waals surface area (Å²) in [5, 5.41) is 9.56. The molecule has 0 rings (SSSR count). The van der Waals surface area contributed by atoms with Gasteiger partial charge in [-0.2, -0.15) is 0 Å². The van der Waals surface area contributed by atoms with E-state index in [9.17, 15) is 5.11 Å². The van der Waals surface area contributed by atoms with E-state index in [1.54, 1.807) is 6.92 Å². The van der Waals surface area contributed by atoms with Crippen molar-refractivity contribution in [1.82, 2.24) is 0 Å². The number of nitrogens with two attached hydrogens (primary N) is 1. The van der Waals surface area contributed by atoms with Crippen molar-refractivity contribution in [3.8, 4) is 0 Å². The molecule has 0 bridgehead atoms. The van der Waals surface area contributed by atoms with Crippen LogP contribution in [0.3, 0.4) is 0 Å². The van der Waals surface area contributed by atoms with Crippen LogP contribution in [0.5, 0.6) is 0 Å². The highest BCUT2D eigenvalue weighted by atomic mass is 16.5. The van der Waals surface area contributed by atoms with Crippen molar-refractivity contribution >= 4 is 0 Å². The van der Waals surface area contributed by atoms with E-state index in [0.29, 0.717) is 6.54 Å². The second-order valence-electron chi connectivity index (χ2n) is 3.77. The maximum Gasteiger partial charge on any atom is 0.0741 e. The first-order valence-corrected chi connectivity index (χ1v) is 5.12. The first kappa shape index (κ1) is 12.9. The third-order valence-electron chi connectivity index (χ3n) is 2.04. The number of unbranched alkanes of at least 4 members (excludes halogenated alkanes) is 1. The van der Waals surface area contributed by atoms with Crippen LogP contribution in [0.4, 0.5) is 0 Å². The summed E-state index contributed by atoms with van der Waals surface area (Å²) in [4.78, 5) is 0. The number of ether oxygens (including phenoxy) is 1. The third-order valence-corrected chi connectivity index (χ3v) is 2.04. The predicted molar refractivity (Wildman–Crippen MR) is 54.6 cm³/mol. The zero-order valence-corrected chi connectivity index (χ0v) is 8.88. The van der Waals surface area contributed by atoms with Crippen molar-refractivity contribution in [3.63, 3.8) is 0 Å². The molecule has 0 radical (unpaired) electrons. The fraction of sp³-hybridized carbons (Fsp3) is 1.00. The Morgan fingerprint density at radius 1 is 1.31 bits per heavy atom. The highest BCUT2D eigenvalue weighted by Crippen LogP contribution is 2.11. The fourth-order valence-electron chi connectivity index (χ4n) is 1.06. The molecule has 3 heteroatoms. The van der Waals surface area contributed by atoms with Gasteiger partial charge in [-0.05, 0) is 32.6 Å². The lowest BCUT2D eigenvalue weighted by atomic mass is 10.00. The van der Waals surface area contributed by atoms with Crippen LogP contribution in [-0.4, -0.2) is 30.5 Å². The second-order valence-corrected chi connectivity index (χ2v) is 3.77. The van der Waals surface area contributed by atoms with Gasteiger partial charge < -0.3 is 15.6 Å². The summed E-state index contributed by atoms with van der Waals surface area (Å²) >= 11 is 0. The van der Waals surface area contributed by atoms with Gasteiger partial charge in [-0.25, -0.2) is 0 Å². The topological polar surface area (TPSA) is 55.5 Å². The molecule has 0 aliphatic rings. The van der Waals surface area contributed by atoms with Crippen molar-refractivity contribution in [2.45, 2.75) is 45.1 Å². The van der Waals surface area contributed by atoms with Crippen LogP contribution in [0.2, 0.25) is 0 Å². The molecule has 80 valence electrons. The molecule has 3 N–H and O–H groups in total. The molecular formula is C10H23NO2. The summed E-state index contributed by atoms with van der Waals surface area (Å²) in [6.07, 6.45) is 3.82. The van der Waals surface area contributed by atoms with Gasteiger partial charge in [-0.3, -0.25) is 0 Å². The average Bonchev–Trinajstić information content (AvgIpc) is 2.11. The van der Waals surface area contributed by atoms with Crippen LogP contribution < -0.4 is 5.73 Å². The van der Waals surface area contributed by atoms with Gasteiger partial charge in [0, 0.05) is 19.8 Å². The van der Waals surface area contributed by atoms with Crippen LogP contribution in [0.1, 0.15) is 39.5 Å². The maximum absolute atomic E-state index is 9.56. The van der Waals surface area contributed by atoms with E-state index in [0.717, 1.165) is 38.9 Å². The van der Waals surface area contributed by atoms with Crippen molar-refractivity contribution in [2.24, 2.45) is 5.73 Å². The zero-order valence-electron chi connectivity index (χ0n) is 8.88. The minimum Gasteiger partial charge on any atom is -0.389 e. The lowest BCUT2D eigenvalue weighted by Crippen LogP contribution is -2.33. The number of hydrogen-bond donors (Lipinski definition) is 2. The summed E-state index contributed by atoms with van der Waals surface area (Å²) in [5.41, 5.74) is 4.70. The van der Waals surface area contributed by atoms with E-state index in [1.807, 2.05) is 0 Å². The molecule has 0 saturated carbocycles. The Kier molecular flexibility index (Phi) is 7.23. The highest BCUT2D eigenvalue weighted by Gasteiger charge is 2.16. The van der Waals surface area contributed by atoms with Crippen LogP contribution in [-0.2, 0) is 4.74 Å². The largest absolute Gasteiger partial charge is 0.389 e. The van der Waals surface area contributed by atoms with Gasteiger partial charge in [0.15, 0.2) is 0 Å². The smallest absolute Gasteiger partial charge is 0.0741 e. The van der Waals surface area contributed by atoms with Crippen molar-refractivity contribution in [3.05, 3.63) is 0 Å². The number of aliphatic hydroxyl groups is 1. The van der Waals surface area contributed by atoms with Gasteiger partial charge in [0.05, 0.1) is 5.60 Å². The van der Waals surface area contributed by atoms with E-state index >= 15 is 0 Å². The summed E-state index contributed by atoms with van der Waals surface area (Å²) < 4.78 is 5.32. The number of hydrogen-bond acceptors (Lipinski definition) is 3. The molecule has 1 atom stereocenters. The molecule has 13 heavy (non-hydrogen) atoms. The molecule has 0 amide bonds.